The van der Waals surface area contributed by atoms with Crippen LogP contribution in [0.1, 0.15) is 259 Å². The van der Waals surface area contributed by atoms with Crippen molar-refractivity contribution in [2.24, 2.45) is 0 Å². The number of fused-ring (bicyclic) bond motifs is 2. The van der Waals surface area contributed by atoms with Gasteiger partial charge in [-0.05, 0) is 126 Å². The molecule has 2 aliphatic heterocycles. The number of nitrogens with zero attached hydrogens (tertiary/aromatic N) is 2. The second-order valence-electron chi connectivity index (χ2n) is 25.2. The lowest BCUT2D eigenvalue weighted by molar-refractivity contribution is -0.438. The van der Waals surface area contributed by atoms with Crippen molar-refractivity contribution >= 4 is 56.2 Å². The van der Waals surface area contributed by atoms with E-state index in [1.54, 1.807) is 50.3 Å². The van der Waals surface area contributed by atoms with Gasteiger partial charge in [0.1, 0.15) is 6.54 Å². The van der Waals surface area contributed by atoms with Gasteiger partial charge in [-0.1, -0.05) is 204 Å². The molecule has 0 radical (unpaired) electrons. The SMILES string of the molecule is CC1(C)C(/C=C/C2=C(Cl)C(=C/C=C3\N(CCCCS(=O)(=O)O)c4ccccc4C3(C)C)/CC2)=[N+](CCCCS(=O)(=O)O)c2ccccc21.CCCCCCCCCCCCCC[P+](CCCCCC)(CCCCCC)CCCCCC. The maximum absolute atomic E-state index is 11.3. The van der Waals surface area contributed by atoms with Crippen LogP contribution in [-0.2, 0) is 31.1 Å². The van der Waals surface area contributed by atoms with Crippen molar-refractivity contribution in [3.8, 4) is 0 Å². The van der Waals surface area contributed by atoms with Crippen molar-refractivity contribution in [2.45, 2.75) is 259 Å². The van der Waals surface area contributed by atoms with E-state index < -0.39 is 27.5 Å². The highest BCUT2D eigenvalue weighted by atomic mass is 35.5. The Balaban J connectivity index is 0.000000377. The molecule has 0 saturated heterocycles. The van der Waals surface area contributed by atoms with Crippen molar-refractivity contribution < 1.29 is 30.5 Å². The molecule has 0 amide bonds. The average Bonchev–Trinajstić information content (AvgIpc) is 4.17. The Morgan fingerprint density at radius 1 is 0.531 bits per heavy atom. The van der Waals surface area contributed by atoms with E-state index in [1.807, 2.05) is 24.3 Å². The number of allylic oxidation sites excluding steroid dienone is 8. The highest BCUT2D eigenvalue weighted by molar-refractivity contribution is 7.86. The van der Waals surface area contributed by atoms with Gasteiger partial charge in [-0.3, -0.25) is 9.11 Å². The maximum atomic E-state index is 11.3. The van der Waals surface area contributed by atoms with Crippen LogP contribution < -0.4 is 4.90 Å². The second-order valence-corrected chi connectivity index (χ2v) is 33.2. The van der Waals surface area contributed by atoms with Crippen LogP contribution >= 0.6 is 18.9 Å². The maximum Gasteiger partial charge on any atom is 0.264 e. The van der Waals surface area contributed by atoms with Crippen molar-refractivity contribution in [1.29, 1.82) is 0 Å². The molecule has 2 aromatic rings. The Morgan fingerprint density at radius 3 is 1.48 bits per heavy atom. The zero-order valence-corrected chi connectivity index (χ0v) is 55.6. The third kappa shape index (κ3) is 24.4. The van der Waals surface area contributed by atoms with Crippen LogP contribution in [0.15, 0.2) is 94.7 Å². The summed E-state index contributed by atoms with van der Waals surface area (Å²) >= 11 is 7.03. The highest BCUT2D eigenvalue weighted by Gasteiger charge is 2.44. The summed E-state index contributed by atoms with van der Waals surface area (Å²) in [5.74, 6) is -0.500. The van der Waals surface area contributed by atoms with Crippen molar-refractivity contribution in [3.63, 3.8) is 0 Å². The lowest BCUT2D eigenvalue weighted by Crippen LogP contribution is -2.28. The van der Waals surface area contributed by atoms with E-state index in [4.69, 9.17) is 11.6 Å². The third-order valence-electron chi connectivity index (χ3n) is 17.7. The molecule has 8 nitrogen and oxygen atoms in total. The summed E-state index contributed by atoms with van der Waals surface area (Å²) in [6, 6.07) is 16.6. The van der Waals surface area contributed by atoms with Gasteiger partial charge in [0.05, 0.1) is 41.6 Å². The molecular formula is C69H114ClN2O6PS2+2. The summed E-state index contributed by atoms with van der Waals surface area (Å²) in [6.07, 6.45) is 54.2. The molecule has 5 rings (SSSR count). The molecule has 0 unspecified atom stereocenters. The minimum atomic E-state index is -3.99. The smallest absolute Gasteiger partial charge is 0.264 e. The van der Waals surface area contributed by atoms with Gasteiger partial charge in [0.2, 0.25) is 5.69 Å². The minimum Gasteiger partial charge on any atom is -0.344 e. The van der Waals surface area contributed by atoms with Crippen LogP contribution in [0, 0.1) is 0 Å². The third-order valence-corrected chi connectivity index (χ3v) is 24.9. The van der Waals surface area contributed by atoms with Gasteiger partial charge in [0.15, 0.2) is 5.71 Å². The fourth-order valence-electron chi connectivity index (χ4n) is 12.8. The average molecular weight is 1200 g/mol. The van der Waals surface area contributed by atoms with E-state index in [0.717, 1.165) is 51.8 Å². The molecule has 458 valence electrons. The van der Waals surface area contributed by atoms with E-state index in [9.17, 15) is 25.9 Å². The molecule has 2 aromatic carbocycles. The molecule has 2 heterocycles. The number of benzene rings is 2. The fraction of sp³-hybridized carbons (Fsp3) is 0.696. The molecule has 0 saturated carbocycles. The van der Waals surface area contributed by atoms with E-state index in [2.05, 4.69) is 113 Å². The van der Waals surface area contributed by atoms with Crippen LogP contribution in [0.4, 0.5) is 11.4 Å². The second kappa shape index (κ2) is 37.1. The summed E-state index contributed by atoms with van der Waals surface area (Å²) in [4.78, 5) is 2.25. The van der Waals surface area contributed by atoms with Gasteiger partial charge in [0.25, 0.3) is 20.2 Å². The Hall–Kier alpha value is -2.59. The Kier molecular flexibility index (Phi) is 32.4. The number of anilines is 1. The highest BCUT2D eigenvalue weighted by Crippen LogP contribution is 2.61. The topological polar surface area (TPSA) is 115 Å². The van der Waals surface area contributed by atoms with Gasteiger partial charge in [-0.15, -0.1) is 0 Å². The molecule has 0 spiro atoms. The van der Waals surface area contributed by atoms with E-state index >= 15 is 0 Å². The van der Waals surface area contributed by atoms with Crippen LogP contribution in [0.5, 0.6) is 0 Å². The summed E-state index contributed by atoms with van der Waals surface area (Å²) in [7, 11) is -8.68. The molecular weight excluding hydrogens is 1080 g/mol. The van der Waals surface area contributed by atoms with Crippen LogP contribution in [0.2, 0.25) is 0 Å². The number of halogens is 1. The molecule has 1 aliphatic carbocycles. The lowest BCUT2D eigenvalue weighted by Gasteiger charge is -2.28. The molecule has 0 atom stereocenters. The first-order chi connectivity index (χ1) is 38.7. The Bertz CT molecular complexity index is 2530. The van der Waals surface area contributed by atoms with Gasteiger partial charge in [-0.2, -0.15) is 21.4 Å². The van der Waals surface area contributed by atoms with Gasteiger partial charge in [0, 0.05) is 59.8 Å². The summed E-state index contributed by atoms with van der Waals surface area (Å²) in [5.41, 5.74) is 8.44. The van der Waals surface area contributed by atoms with Crippen molar-refractivity contribution in [1.82, 2.24) is 0 Å². The van der Waals surface area contributed by atoms with Crippen LogP contribution in [0.25, 0.3) is 0 Å². The normalized spacial score (nSPS) is 17.0. The molecule has 12 heteroatoms. The number of para-hydroxylation sites is 2. The zero-order chi connectivity index (χ0) is 59.2. The molecule has 3 aliphatic rings. The number of hydrogen-bond donors (Lipinski definition) is 2. The first-order valence-corrected chi connectivity index (χ1v) is 38.7. The standard InChI is InChI=1S/C37H45ClN2O6S2.C32H68P/c1-36(2)29-13-5-7-15-31(29)39(23-9-11-25-47(41,42)43)33(36)21-19-27-17-18-28(35(27)38)20-22-34-37(3,4)30-14-6-8-16-32(30)40(34)24-10-12-26-48(44,45)46;1-5-9-13-17-18-19-20-21-22-23-24-28-32-33(29-25-14-10-6-2,30-26-15-11-7-3)31-27-16-12-8-4/h5-8,13-16,19-22H,9-12,17-18,23-26H2,1-4H3,(H-,41,42,43,44,45,46);5-32H2,1-4H3/q;+1/p+1. The number of hydrogen-bond acceptors (Lipinski definition) is 5. The molecule has 0 aromatic heterocycles. The zero-order valence-electron chi connectivity index (χ0n) is 52.4. The van der Waals surface area contributed by atoms with Crippen LogP contribution in [-0.4, -0.2) is 85.5 Å². The molecule has 0 fully saturated rings. The predicted molar refractivity (Wildman–Crippen MR) is 355 cm³/mol. The number of unbranched alkanes of at least 4 members (excludes halogenated alkanes) is 22. The minimum absolute atomic E-state index is 0.250. The van der Waals surface area contributed by atoms with E-state index in [1.165, 1.54) is 140 Å². The number of rotatable bonds is 41. The summed E-state index contributed by atoms with van der Waals surface area (Å²) < 4.78 is 65.7. The first-order valence-electron chi connectivity index (χ1n) is 32.6. The van der Waals surface area contributed by atoms with Gasteiger partial charge in [-0.25, -0.2) is 0 Å². The summed E-state index contributed by atoms with van der Waals surface area (Å²) in [5, 5.41) is 0.740. The summed E-state index contributed by atoms with van der Waals surface area (Å²) in [6.45, 7) is 19.5. The Morgan fingerprint density at radius 2 is 0.975 bits per heavy atom. The lowest BCUT2D eigenvalue weighted by atomic mass is 9.81. The van der Waals surface area contributed by atoms with E-state index in [0.29, 0.717) is 38.8 Å². The van der Waals surface area contributed by atoms with Crippen LogP contribution in [0.3, 0.4) is 0 Å². The van der Waals surface area contributed by atoms with Gasteiger partial charge < -0.3 is 4.90 Å². The monoisotopic (exact) mass is 1200 g/mol. The quantitative estimate of drug-likeness (QED) is 0.0295. The molecule has 81 heavy (non-hydrogen) atoms. The molecule has 0 bridgehead atoms. The largest absolute Gasteiger partial charge is 0.344 e. The predicted octanol–water partition coefficient (Wildman–Crippen LogP) is 20.3. The van der Waals surface area contributed by atoms with Crippen molar-refractivity contribution in [3.05, 3.63) is 106 Å². The fourth-order valence-corrected chi connectivity index (χ4v) is 19.2. The van der Waals surface area contributed by atoms with Gasteiger partial charge >= 0.3 is 0 Å². The molecule has 2 N–H and O–H groups in total. The Labute approximate surface area is 502 Å². The van der Waals surface area contributed by atoms with Crippen molar-refractivity contribution in [2.75, 3.05) is 54.1 Å². The van der Waals surface area contributed by atoms with E-state index in [-0.39, 0.29) is 22.3 Å². The first kappa shape index (κ1) is 70.9.